The minimum atomic E-state index is -1.54. The smallest absolute Gasteiger partial charge is 0.192 e. The fourth-order valence-corrected chi connectivity index (χ4v) is 3.94. The Morgan fingerprint density at radius 1 is 1.18 bits per heavy atom. The van der Waals surface area contributed by atoms with Crippen LogP contribution in [0.4, 0.5) is 0 Å². The quantitative estimate of drug-likeness (QED) is 0.714. The molecule has 3 heteroatoms. The minimum Gasteiger partial charge on any atom is -0.415 e. The predicted octanol–water partition coefficient (Wildman–Crippen LogP) is 3.64. The van der Waals surface area contributed by atoms with E-state index in [0.29, 0.717) is 5.04 Å². The number of fused-ring (bicyclic) bond motifs is 1. The third-order valence-corrected chi connectivity index (χ3v) is 9.67. The van der Waals surface area contributed by atoms with Crippen LogP contribution in [0.15, 0.2) is 0 Å². The normalized spacial score (nSPS) is 30.9. The van der Waals surface area contributed by atoms with Crippen molar-refractivity contribution in [3.63, 3.8) is 0 Å². The lowest BCUT2D eigenvalue weighted by Gasteiger charge is -2.38. The summed E-state index contributed by atoms with van der Waals surface area (Å²) < 4.78 is 6.38. The number of hydrogen-bond acceptors (Lipinski definition) is 2. The topological polar surface area (TPSA) is 12.5 Å². The maximum atomic E-state index is 6.38. The van der Waals surface area contributed by atoms with E-state index in [-0.39, 0.29) is 0 Å². The molecule has 0 bridgehead atoms. The summed E-state index contributed by atoms with van der Waals surface area (Å²) in [6, 6.07) is 1.61. The Kier molecular flexibility index (Phi) is 3.73. The van der Waals surface area contributed by atoms with Crippen LogP contribution in [0, 0.1) is 0 Å². The summed E-state index contributed by atoms with van der Waals surface area (Å²) in [6.07, 6.45) is 5.60. The predicted molar refractivity (Wildman–Crippen MR) is 75.9 cm³/mol. The Labute approximate surface area is 108 Å². The van der Waals surface area contributed by atoms with Crippen LogP contribution in [0.25, 0.3) is 0 Å². The molecule has 17 heavy (non-hydrogen) atoms. The first-order valence-electron chi connectivity index (χ1n) is 7.21. The molecular weight excluding hydrogens is 226 g/mol. The molecule has 0 spiro atoms. The molecule has 2 rings (SSSR count). The van der Waals surface area contributed by atoms with E-state index in [0.717, 1.165) is 18.7 Å². The first kappa shape index (κ1) is 13.6. The maximum Gasteiger partial charge on any atom is 0.192 e. The van der Waals surface area contributed by atoms with E-state index in [1.807, 2.05) is 0 Å². The van der Waals surface area contributed by atoms with Gasteiger partial charge in [0, 0.05) is 18.7 Å². The van der Waals surface area contributed by atoms with E-state index < -0.39 is 8.32 Å². The van der Waals surface area contributed by atoms with Crippen LogP contribution in [0.5, 0.6) is 0 Å². The molecule has 2 aliphatic heterocycles. The van der Waals surface area contributed by atoms with Crippen molar-refractivity contribution in [1.82, 2.24) is 4.90 Å². The van der Waals surface area contributed by atoms with Crippen molar-refractivity contribution < 1.29 is 4.43 Å². The minimum absolute atomic E-state index is 0.343. The molecule has 0 amide bonds. The third kappa shape index (κ3) is 2.77. The number of nitrogens with zero attached hydrogens (tertiary/aromatic N) is 1. The van der Waals surface area contributed by atoms with E-state index in [2.05, 4.69) is 38.8 Å². The van der Waals surface area contributed by atoms with Gasteiger partial charge < -0.3 is 4.43 Å². The summed E-state index contributed by atoms with van der Waals surface area (Å²) in [5.74, 6) is 0. The molecule has 2 fully saturated rings. The molecule has 2 saturated heterocycles. The summed E-state index contributed by atoms with van der Waals surface area (Å²) in [7, 11) is -1.54. The van der Waals surface area contributed by atoms with Crippen LogP contribution in [-0.2, 0) is 4.43 Å². The monoisotopic (exact) mass is 255 g/mol. The van der Waals surface area contributed by atoms with Crippen molar-refractivity contribution >= 4 is 8.32 Å². The van der Waals surface area contributed by atoms with E-state index in [1.54, 1.807) is 0 Å². The summed E-state index contributed by atoms with van der Waals surface area (Å²) in [4.78, 5) is 2.72. The van der Waals surface area contributed by atoms with Gasteiger partial charge in [0.25, 0.3) is 0 Å². The van der Waals surface area contributed by atoms with Crippen molar-refractivity contribution in [3.8, 4) is 0 Å². The maximum absolute atomic E-state index is 6.38. The summed E-state index contributed by atoms with van der Waals surface area (Å²) in [5.41, 5.74) is 0. The third-order valence-electron chi connectivity index (χ3n) is 5.17. The van der Waals surface area contributed by atoms with E-state index in [1.165, 1.54) is 32.2 Å². The lowest BCUT2D eigenvalue weighted by molar-refractivity contribution is 0.159. The lowest BCUT2D eigenvalue weighted by atomic mass is 10.1. The van der Waals surface area contributed by atoms with Crippen molar-refractivity contribution in [3.05, 3.63) is 0 Å². The highest BCUT2D eigenvalue weighted by atomic mass is 28.4. The molecule has 2 heterocycles. The van der Waals surface area contributed by atoms with Crippen LogP contribution in [-0.4, -0.2) is 38.5 Å². The Bertz CT molecular complexity index is 272. The van der Waals surface area contributed by atoms with Crippen LogP contribution in [0.3, 0.4) is 0 Å². The van der Waals surface area contributed by atoms with Gasteiger partial charge in [0.05, 0.1) is 0 Å². The van der Waals surface area contributed by atoms with E-state index >= 15 is 0 Å². The molecule has 100 valence electrons. The number of hydrogen-bond donors (Lipinski definition) is 0. The van der Waals surface area contributed by atoms with E-state index in [9.17, 15) is 0 Å². The van der Waals surface area contributed by atoms with Gasteiger partial charge in [-0.25, -0.2) is 0 Å². The van der Waals surface area contributed by atoms with Crippen LogP contribution < -0.4 is 0 Å². The zero-order chi connectivity index (χ0) is 12.7. The summed E-state index contributed by atoms with van der Waals surface area (Å²) in [5, 5.41) is 0.343. The van der Waals surface area contributed by atoms with Gasteiger partial charge in [0.2, 0.25) is 0 Å². The highest BCUT2D eigenvalue weighted by Gasteiger charge is 2.41. The molecular formula is C14H29NOSi. The Hall–Kier alpha value is 0.137. The van der Waals surface area contributed by atoms with Gasteiger partial charge in [-0.1, -0.05) is 20.8 Å². The zero-order valence-corrected chi connectivity index (χ0v) is 13.3. The standard InChI is InChI=1S/C14H29NOSi/c1-14(2,3)17(4,5)16-11-13-9-8-12-7-6-10-15(12)13/h12-13H,6-11H2,1-5H3/t12-,13-/m0/s1. The highest BCUT2D eigenvalue weighted by Crippen LogP contribution is 2.38. The fraction of sp³-hybridized carbons (Fsp3) is 1.00. The molecule has 0 aromatic rings. The van der Waals surface area contributed by atoms with Gasteiger partial charge in [-0.2, -0.15) is 0 Å². The van der Waals surface area contributed by atoms with Crippen molar-refractivity contribution in [2.75, 3.05) is 13.2 Å². The van der Waals surface area contributed by atoms with Crippen molar-refractivity contribution in [1.29, 1.82) is 0 Å². The first-order valence-corrected chi connectivity index (χ1v) is 10.1. The molecule has 0 aliphatic carbocycles. The summed E-state index contributed by atoms with van der Waals surface area (Å²) in [6.45, 7) is 14.0. The molecule has 2 nitrogen and oxygen atoms in total. The van der Waals surface area contributed by atoms with Crippen LogP contribution >= 0.6 is 0 Å². The lowest BCUT2D eigenvalue weighted by Crippen LogP contribution is -2.45. The van der Waals surface area contributed by atoms with Gasteiger partial charge in [-0.3, -0.25) is 4.90 Å². The summed E-state index contributed by atoms with van der Waals surface area (Å²) >= 11 is 0. The van der Waals surface area contributed by atoms with Crippen LogP contribution in [0.2, 0.25) is 18.1 Å². The fourth-order valence-electron chi connectivity index (χ4n) is 2.90. The SMILES string of the molecule is CC(C)(C)[Si](C)(C)OC[C@@H]1CC[C@@H]2CCCN21. The Morgan fingerprint density at radius 2 is 1.88 bits per heavy atom. The Balaban J connectivity index is 1.86. The van der Waals surface area contributed by atoms with E-state index in [4.69, 9.17) is 4.43 Å². The second-order valence-electron chi connectivity index (χ2n) is 7.34. The zero-order valence-electron chi connectivity index (χ0n) is 12.3. The molecule has 0 radical (unpaired) electrons. The van der Waals surface area contributed by atoms with Crippen molar-refractivity contribution in [2.24, 2.45) is 0 Å². The average molecular weight is 255 g/mol. The largest absolute Gasteiger partial charge is 0.415 e. The van der Waals surface area contributed by atoms with Crippen molar-refractivity contribution in [2.45, 2.75) is 76.7 Å². The van der Waals surface area contributed by atoms with Crippen LogP contribution in [0.1, 0.15) is 46.5 Å². The van der Waals surface area contributed by atoms with Gasteiger partial charge in [-0.05, 0) is 50.4 Å². The molecule has 2 atom stereocenters. The molecule has 0 saturated carbocycles. The first-order chi connectivity index (χ1) is 7.81. The molecule has 0 aromatic carbocycles. The van der Waals surface area contributed by atoms with Gasteiger partial charge in [0.15, 0.2) is 8.32 Å². The van der Waals surface area contributed by atoms with Gasteiger partial charge in [0.1, 0.15) is 0 Å². The molecule has 0 aromatic heterocycles. The van der Waals surface area contributed by atoms with Gasteiger partial charge in [-0.15, -0.1) is 0 Å². The Morgan fingerprint density at radius 3 is 2.53 bits per heavy atom. The highest BCUT2D eigenvalue weighted by molar-refractivity contribution is 6.74. The average Bonchev–Trinajstić information content (AvgIpc) is 2.74. The molecule has 0 unspecified atom stereocenters. The van der Waals surface area contributed by atoms with Gasteiger partial charge >= 0.3 is 0 Å². The second-order valence-corrected chi connectivity index (χ2v) is 12.1. The second kappa shape index (κ2) is 4.67. The number of rotatable bonds is 3. The molecule has 0 N–H and O–H groups in total. The molecule has 2 aliphatic rings.